The van der Waals surface area contributed by atoms with Gasteiger partial charge in [0, 0.05) is 41.7 Å². The van der Waals surface area contributed by atoms with Crippen molar-refractivity contribution in [2.75, 3.05) is 38.1 Å². The lowest BCUT2D eigenvalue weighted by atomic mass is 10.2. The van der Waals surface area contributed by atoms with Crippen molar-refractivity contribution in [2.45, 2.75) is 17.7 Å². The molecule has 1 aliphatic heterocycles. The molecular formula is C17H22N2S. The Bertz CT molecular complexity index is 513. The Hall–Kier alpha value is -1.19. The molecule has 1 saturated heterocycles. The minimum absolute atomic E-state index is 1.13. The van der Waals surface area contributed by atoms with Crippen LogP contribution in [-0.2, 0) is 0 Å². The van der Waals surface area contributed by atoms with Crippen LogP contribution in [0.2, 0.25) is 0 Å². The third-order valence-corrected chi connectivity index (χ3v) is 4.91. The van der Waals surface area contributed by atoms with Crippen molar-refractivity contribution < 1.29 is 0 Å². The first-order valence-electron chi connectivity index (χ1n) is 7.39. The Labute approximate surface area is 126 Å². The summed E-state index contributed by atoms with van der Waals surface area (Å²) in [5.41, 5.74) is 1.36. The van der Waals surface area contributed by atoms with E-state index in [0.717, 1.165) is 26.2 Å². The summed E-state index contributed by atoms with van der Waals surface area (Å²) in [4.78, 5) is 7.62. The molecule has 0 N–H and O–H groups in total. The zero-order valence-corrected chi connectivity index (χ0v) is 12.9. The molecule has 0 bridgehead atoms. The third kappa shape index (κ3) is 3.47. The summed E-state index contributed by atoms with van der Waals surface area (Å²) in [6, 6.07) is 8.97. The number of thioether (sulfide) groups is 1. The van der Waals surface area contributed by atoms with Gasteiger partial charge in [-0.3, -0.25) is 0 Å². The second kappa shape index (κ2) is 6.51. The van der Waals surface area contributed by atoms with E-state index in [-0.39, 0.29) is 0 Å². The molecule has 0 saturated carbocycles. The Kier molecular flexibility index (Phi) is 4.48. The summed E-state index contributed by atoms with van der Waals surface area (Å²) >= 11 is 1.88. The molecule has 1 aliphatic carbocycles. The van der Waals surface area contributed by atoms with Crippen LogP contribution >= 0.6 is 11.8 Å². The highest BCUT2D eigenvalue weighted by molar-refractivity contribution is 8.03. The minimum atomic E-state index is 1.13. The fraction of sp³-hybridized carbons (Fsp3) is 0.412. The lowest BCUT2D eigenvalue weighted by molar-refractivity contribution is 0.313. The number of allylic oxidation sites excluding steroid dienone is 3. The molecule has 1 fully saturated rings. The van der Waals surface area contributed by atoms with E-state index < -0.39 is 0 Å². The van der Waals surface area contributed by atoms with Crippen LogP contribution in [-0.4, -0.2) is 38.1 Å². The van der Waals surface area contributed by atoms with Crippen LogP contribution in [0.25, 0.3) is 0 Å². The lowest BCUT2D eigenvalue weighted by Crippen LogP contribution is -2.44. The molecule has 3 heteroatoms. The van der Waals surface area contributed by atoms with E-state index in [0.29, 0.717) is 0 Å². The lowest BCUT2D eigenvalue weighted by Gasteiger charge is -2.34. The summed E-state index contributed by atoms with van der Waals surface area (Å²) in [5, 5.41) is 0. The molecule has 1 aromatic rings. The van der Waals surface area contributed by atoms with Gasteiger partial charge in [0.15, 0.2) is 0 Å². The van der Waals surface area contributed by atoms with Crippen LogP contribution < -0.4 is 4.90 Å². The van der Waals surface area contributed by atoms with Crippen molar-refractivity contribution in [1.29, 1.82) is 0 Å². The minimum Gasteiger partial charge on any atom is -0.369 e. The second-order valence-corrected chi connectivity index (χ2v) is 6.62. The fourth-order valence-corrected chi connectivity index (χ4v) is 3.57. The Morgan fingerprint density at radius 3 is 2.65 bits per heavy atom. The number of piperazine rings is 1. The van der Waals surface area contributed by atoms with Crippen molar-refractivity contribution in [3.05, 3.63) is 47.4 Å². The Balaban J connectivity index is 1.69. The van der Waals surface area contributed by atoms with Gasteiger partial charge < -0.3 is 9.80 Å². The van der Waals surface area contributed by atoms with E-state index >= 15 is 0 Å². The van der Waals surface area contributed by atoms with Crippen molar-refractivity contribution >= 4 is 17.4 Å². The van der Waals surface area contributed by atoms with E-state index in [1.54, 1.807) is 0 Å². The van der Waals surface area contributed by atoms with E-state index in [9.17, 15) is 0 Å². The quantitative estimate of drug-likeness (QED) is 0.835. The van der Waals surface area contributed by atoms with Crippen molar-refractivity contribution in [3.63, 3.8) is 0 Å². The summed E-state index contributed by atoms with van der Waals surface area (Å²) < 4.78 is 0. The SMILES string of the molecule is CN1CCN(c2cccc(SC3=CCCC=C3)c2)CC1. The van der Waals surface area contributed by atoms with Gasteiger partial charge in [0.2, 0.25) is 0 Å². The zero-order chi connectivity index (χ0) is 13.8. The van der Waals surface area contributed by atoms with Gasteiger partial charge in [0.1, 0.15) is 0 Å². The number of anilines is 1. The molecular weight excluding hydrogens is 264 g/mol. The molecule has 20 heavy (non-hydrogen) atoms. The van der Waals surface area contributed by atoms with Gasteiger partial charge in [0.25, 0.3) is 0 Å². The van der Waals surface area contributed by atoms with Crippen LogP contribution in [0, 0.1) is 0 Å². The van der Waals surface area contributed by atoms with Crippen LogP contribution in [0.4, 0.5) is 5.69 Å². The summed E-state index contributed by atoms with van der Waals surface area (Å²) in [6.07, 6.45) is 9.22. The van der Waals surface area contributed by atoms with Crippen LogP contribution in [0.15, 0.2) is 52.3 Å². The maximum Gasteiger partial charge on any atom is 0.0378 e. The summed E-state index contributed by atoms with van der Waals surface area (Å²) in [7, 11) is 2.20. The number of nitrogens with zero attached hydrogens (tertiary/aromatic N) is 2. The van der Waals surface area contributed by atoms with E-state index in [4.69, 9.17) is 0 Å². The predicted octanol–water partition coefficient (Wildman–Crippen LogP) is 3.76. The van der Waals surface area contributed by atoms with E-state index in [1.807, 2.05) is 11.8 Å². The van der Waals surface area contributed by atoms with Gasteiger partial charge in [-0.1, -0.05) is 36.1 Å². The first-order valence-corrected chi connectivity index (χ1v) is 8.21. The first-order chi connectivity index (χ1) is 9.81. The molecule has 1 aromatic carbocycles. The highest BCUT2D eigenvalue weighted by Crippen LogP contribution is 2.32. The normalized spacial score (nSPS) is 20.1. The van der Waals surface area contributed by atoms with Crippen LogP contribution in [0.1, 0.15) is 12.8 Å². The van der Waals surface area contributed by atoms with Crippen molar-refractivity contribution in [2.24, 2.45) is 0 Å². The molecule has 0 spiro atoms. The standard InChI is InChI=1S/C17H22N2S/c1-18-10-12-19(13-11-18)15-6-5-9-17(14-15)20-16-7-3-2-4-8-16/h3,5-9,14H,2,4,10-13H2,1H3. The van der Waals surface area contributed by atoms with Gasteiger partial charge in [-0.2, -0.15) is 0 Å². The Morgan fingerprint density at radius 1 is 1.05 bits per heavy atom. The van der Waals surface area contributed by atoms with E-state index in [2.05, 4.69) is 59.3 Å². The zero-order valence-electron chi connectivity index (χ0n) is 12.1. The van der Waals surface area contributed by atoms with Crippen LogP contribution in [0.3, 0.4) is 0 Å². The average Bonchev–Trinajstić information content (AvgIpc) is 2.49. The molecule has 0 unspecified atom stereocenters. The van der Waals surface area contributed by atoms with Gasteiger partial charge in [0.05, 0.1) is 0 Å². The van der Waals surface area contributed by atoms with Crippen molar-refractivity contribution in [1.82, 2.24) is 4.90 Å². The number of likely N-dealkylation sites (N-methyl/N-ethyl adjacent to an activating group) is 1. The van der Waals surface area contributed by atoms with Gasteiger partial charge in [-0.15, -0.1) is 0 Å². The predicted molar refractivity (Wildman–Crippen MR) is 88.5 cm³/mol. The van der Waals surface area contributed by atoms with Crippen LogP contribution in [0.5, 0.6) is 0 Å². The molecule has 0 atom stereocenters. The monoisotopic (exact) mass is 286 g/mol. The summed E-state index contributed by atoms with van der Waals surface area (Å²) in [6.45, 7) is 4.58. The molecule has 0 amide bonds. The molecule has 1 heterocycles. The second-order valence-electron chi connectivity index (χ2n) is 5.48. The first kappa shape index (κ1) is 13.8. The molecule has 0 radical (unpaired) electrons. The highest BCUT2D eigenvalue weighted by Gasteiger charge is 2.14. The topological polar surface area (TPSA) is 6.48 Å². The van der Waals surface area contributed by atoms with E-state index in [1.165, 1.54) is 28.3 Å². The maximum atomic E-state index is 2.50. The number of hydrogen-bond donors (Lipinski definition) is 0. The molecule has 2 nitrogen and oxygen atoms in total. The largest absolute Gasteiger partial charge is 0.369 e. The number of rotatable bonds is 3. The maximum absolute atomic E-state index is 2.50. The van der Waals surface area contributed by atoms with Gasteiger partial charge in [-0.25, -0.2) is 0 Å². The molecule has 0 aromatic heterocycles. The summed E-state index contributed by atoms with van der Waals surface area (Å²) in [5.74, 6) is 0. The Morgan fingerprint density at radius 2 is 1.90 bits per heavy atom. The third-order valence-electron chi connectivity index (χ3n) is 3.88. The van der Waals surface area contributed by atoms with Crippen molar-refractivity contribution in [3.8, 4) is 0 Å². The number of hydrogen-bond acceptors (Lipinski definition) is 3. The average molecular weight is 286 g/mol. The highest BCUT2D eigenvalue weighted by atomic mass is 32.2. The molecule has 106 valence electrons. The van der Waals surface area contributed by atoms with Gasteiger partial charge >= 0.3 is 0 Å². The van der Waals surface area contributed by atoms with Gasteiger partial charge in [-0.05, 0) is 38.1 Å². The molecule has 3 rings (SSSR count). The fourth-order valence-electron chi connectivity index (χ4n) is 2.61. The number of benzene rings is 1. The molecule has 2 aliphatic rings. The smallest absolute Gasteiger partial charge is 0.0378 e.